The summed E-state index contributed by atoms with van der Waals surface area (Å²) in [6.45, 7) is 6.33. The van der Waals surface area contributed by atoms with Crippen molar-refractivity contribution in [2.24, 2.45) is 39.9 Å². The molecule has 1 heterocycles. The molecule has 4 saturated carbocycles. The maximum Gasteiger partial charge on any atom is 0.236 e. The Hall–Kier alpha value is -0.670. The van der Waals surface area contributed by atoms with Crippen LogP contribution < -0.4 is 0 Å². The van der Waals surface area contributed by atoms with Gasteiger partial charge in [0.05, 0.1) is 13.2 Å². The first-order valence-corrected chi connectivity index (χ1v) is 12.0. The topological polar surface area (TPSA) is 35.5 Å². The second-order valence-corrected chi connectivity index (χ2v) is 11.5. The number of Topliss-reactive ketones (excluding diaryl/α,β-unsaturated/α-hetero) is 1. The zero-order valence-corrected chi connectivity index (χ0v) is 17.5. The van der Waals surface area contributed by atoms with E-state index in [1.54, 1.807) is 5.57 Å². The molecule has 7 aliphatic rings. The molecule has 0 N–H and O–H groups in total. The SMILES string of the molecule is CC[C@@]12CCC34CC1CC1C5=C(CCC3C5CC[C@@]42C)CC(=O)C12OCCO2. The first-order chi connectivity index (χ1) is 13.5. The van der Waals surface area contributed by atoms with E-state index in [2.05, 4.69) is 13.8 Å². The van der Waals surface area contributed by atoms with E-state index >= 15 is 0 Å². The molecule has 3 nitrogen and oxygen atoms in total. The molecule has 7 rings (SSSR count). The monoisotopic (exact) mass is 382 g/mol. The summed E-state index contributed by atoms with van der Waals surface area (Å²) in [7, 11) is 0. The standard InChI is InChI=1S/C25H34O3/c1-3-23-8-9-24-14-16(23)13-19-21-15(12-20(26)25(19)27-10-11-28-25)4-5-18(24)17(21)6-7-22(23,24)2/h16-19H,3-14H2,1-2H3/t16?,17?,18?,19?,22-,23-,24?/m1/s1. The van der Waals surface area contributed by atoms with E-state index in [1.165, 1.54) is 50.5 Å². The third kappa shape index (κ3) is 1.49. The van der Waals surface area contributed by atoms with Crippen LogP contribution in [0.5, 0.6) is 0 Å². The van der Waals surface area contributed by atoms with Gasteiger partial charge in [-0.2, -0.15) is 0 Å². The molecule has 0 aromatic heterocycles. The van der Waals surface area contributed by atoms with Crippen LogP contribution in [0.3, 0.4) is 0 Å². The first-order valence-electron chi connectivity index (χ1n) is 12.0. The van der Waals surface area contributed by atoms with Gasteiger partial charge in [-0.3, -0.25) is 4.79 Å². The smallest absolute Gasteiger partial charge is 0.236 e. The lowest BCUT2D eigenvalue weighted by atomic mass is 9.45. The summed E-state index contributed by atoms with van der Waals surface area (Å²) in [6.07, 6.45) is 12.6. The van der Waals surface area contributed by atoms with E-state index in [4.69, 9.17) is 9.47 Å². The fraction of sp³-hybridized carbons (Fsp3) is 0.880. The predicted octanol–water partition coefficient (Wildman–Crippen LogP) is 5.04. The number of ketones is 1. The molecule has 7 atom stereocenters. The van der Waals surface area contributed by atoms with E-state index in [-0.39, 0.29) is 11.7 Å². The van der Waals surface area contributed by atoms with Crippen molar-refractivity contribution in [1.82, 2.24) is 0 Å². The van der Waals surface area contributed by atoms with Crippen LogP contribution in [0, 0.1) is 39.9 Å². The highest BCUT2D eigenvalue weighted by atomic mass is 16.7. The van der Waals surface area contributed by atoms with Crippen LogP contribution in [0.2, 0.25) is 0 Å². The van der Waals surface area contributed by atoms with Crippen LogP contribution in [-0.2, 0) is 14.3 Å². The predicted molar refractivity (Wildman–Crippen MR) is 105 cm³/mol. The minimum Gasteiger partial charge on any atom is -0.341 e. The van der Waals surface area contributed by atoms with Gasteiger partial charge in [-0.05, 0) is 91.8 Å². The van der Waals surface area contributed by atoms with Gasteiger partial charge in [0.1, 0.15) is 0 Å². The number of hydrogen-bond acceptors (Lipinski definition) is 3. The summed E-state index contributed by atoms with van der Waals surface area (Å²) in [5.41, 5.74) is 4.75. The average Bonchev–Trinajstić information content (AvgIpc) is 3.34. The molecule has 5 unspecified atom stereocenters. The Morgan fingerprint density at radius 2 is 1.93 bits per heavy atom. The molecule has 3 heteroatoms. The van der Waals surface area contributed by atoms with E-state index in [0.29, 0.717) is 41.8 Å². The summed E-state index contributed by atoms with van der Waals surface area (Å²) < 4.78 is 12.5. The van der Waals surface area contributed by atoms with Crippen LogP contribution in [0.1, 0.15) is 78.1 Å². The van der Waals surface area contributed by atoms with Gasteiger partial charge in [-0.15, -0.1) is 0 Å². The number of ether oxygens (including phenoxy) is 2. The van der Waals surface area contributed by atoms with E-state index in [0.717, 1.165) is 24.7 Å². The van der Waals surface area contributed by atoms with E-state index in [9.17, 15) is 4.79 Å². The van der Waals surface area contributed by atoms with Gasteiger partial charge in [0.2, 0.25) is 5.79 Å². The summed E-state index contributed by atoms with van der Waals surface area (Å²) in [6, 6.07) is 0. The van der Waals surface area contributed by atoms with Gasteiger partial charge in [-0.1, -0.05) is 25.0 Å². The molecule has 6 bridgehead atoms. The Labute approximate surface area is 168 Å². The Morgan fingerprint density at radius 1 is 1.11 bits per heavy atom. The van der Waals surface area contributed by atoms with Crippen molar-refractivity contribution < 1.29 is 14.3 Å². The third-order valence-electron chi connectivity index (χ3n) is 11.8. The minimum atomic E-state index is -0.930. The fourth-order valence-electron chi connectivity index (χ4n) is 10.9. The van der Waals surface area contributed by atoms with Gasteiger partial charge in [0, 0.05) is 12.3 Å². The highest BCUT2D eigenvalue weighted by molar-refractivity contribution is 5.91. The van der Waals surface area contributed by atoms with Gasteiger partial charge < -0.3 is 9.47 Å². The molecule has 28 heavy (non-hydrogen) atoms. The molecule has 1 aliphatic heterocycles. The van der Waals surface area contributed by atoms with Crippen LogP contribution in [0.15, 0.2) is 11.1 Å². The van der Waals surface area contributed by atoms with Crippen molar-refractivity contribution in [2.45, 2.75) is 83.8 Å². The largest absolute Gasteiger partial charge is 0.341 e. The molecule has 0 amide bonds. The third-order valence-corrected chi connectivity index (χ3v) is 11.8. The number of hydrogen-bond donors (Lipinski definition) is 0. The zero-order chi connectivity index (χ0) is 18.9. The Bertz CT molecular complexity index is 807. The quantitative estimate of drug-likeness (QED) is 0.596. The summed E-state index contributed by atoms with van der Waals surface area (Å²) in [5.74, 6) is 1.79. The molecule has 0 radical (unpaired) electrons. The Morgan fingerprint density at radius 3 is 2.71 bits per heavy atom. The summed E-state index contributed by atoms with van der Waals surface area (Å²) >= 11 is 0. The van der Waals surface area contributed by atoms with Crippen LogP contribution in [-0.4, -0.2) is 24.8 Å². The van der Waals surface area contributed by atoms with Crippen LogP contribution >= 0.6 is 0 Å². The first kappa shape index (κ1) is 17.1. The Kier molecular flexibility index (Phi) is 3.02. The average molecular weight is 383 g/mol. The van der Waals surface area contributed by atoms with Crippen molar-refractivity contribution >= 4 is 5.78 Å². The lowest BCUT2D eigenvalue weighted by molar-refractivity contribution is -0.204. The maximum atomic E-state index is 13.4. The van der Waals surface area contributed by atoms with E-state index in [1.807, 2.05) is 0 Å². The molecular weight excluding hydrogens is 348 g/mol. The van der Waals surface area contributed by atoms with Crippen molar-refractivity contribution in [3.8, 4) is 0 Å². The second kappa shape index (κ2) is 4.97. The van der Waals surface area contributed by atoms with Crippen molar-refractivity contribution in [1.29, 1.82) is 0 Å². The van der Waals surface area contributed by atoms with Crippen molar-refractivity contribution in [2.75, 3.05) is 13.2 Å². The van der Waals surface area contributed by atoms with Crippen LogP contribution in [0.25, 0.3) is 0 Å². The fourth-order valence-corrected chi connectivity index (χ4v) is 10.9. The van der Waals surface area contributed by atoms with Crippen LogP contribution in [0.4, 0.5) is 0 Å². The number of rotatable bonds is 1. The molecule has 0 aromatic carbocycles. The van der Waals surface area contributed by atoms with Gasteiger partial charge in [0.15, 0.2) is 5.78 Å². The van der Waals surface area contributed by atoms with Crippen molar-refractivity contribution in [3.05, 3.63) is 11.1 Å². The summed E-state index contributed by atoms with van der Waals surface area (Å²) in [4.78, 5) is 13.4. The second-order valence-electron chi connectivity index (χ2n) is 11.5. The van der Waals surface area contributed by atoms with Gasteiger partial charge in [-0.25, -0.2) is 0 Å². The molecular formula is C25H34O3. The minimum absolute atomic E-state index is 0.200. The molecule has 5 fully saturated rings. The lowest BCUT2D eigenvalue weighted by Gasteiger charge is -2.59. The maximum absolute atomic E-state index is 13.4. The molecule has 6 aliphatic carbocycles. The van der Waals surface area contributed by atoms with E-state index < -0.39 is 5.79 Å². The lowest BCUT2D eigenvalue weighted by Crippen LogP contribution is -2.57. The number of fused-ring (bicyclic) bond motifs is 3. The highest BCUT2D eigenvalue weighted by Crippen LogP contribution is 2.85. The molecule has 2 spiro atoms. The molecule has 1 saturated heterocycles. The van der Waals surface area contributed by atoms with Gasteiger partial charge in [0.25, 0.3) is 0 Å². The highest BCUT2D eigenvalue weighted by Gasteiger charge is 2.78. The normalized spacial score (nSPS) is 55.1. The van der Waals surface area contributed by atoms with Gasteiger partial charge >= 0.3 is 0 Å². The zero-order valence-electron chi connectivity index (χ0n) is 17.5. The number of carbonyl (C=O) groups excluding carboxylic acids is 1. The molecule has 0 aromatic rings. The number of allylic oxidation sites excluding steroid dienone is 1. The molecule has 152 valence electrons. The summed E-state index contributed by atoms with van der Waals surface area (Å²) in [5, 5.41) is 0. The Balaban J connectivity index is 1.49. The number of carbonyl (C=O) groups is 1. The van der Waals surface area contributed by atoms with Crippen molar-refractivity contribution in [3.63, 3.8) is 0 Å².